The lowest BCUT2D eigenvalue weighted by Gasteiger charge is -2.18. The van der Waals surface area contributed by atoms with E-state index in [9.17, 15) is 0 Å². The zero-order chi connectivity index (χ0) is 12.3. The first kappa shape index (κ1) is 12.6. The lowest BCUT2D eigenvalue weighted by atomic mass is 10.1. The van der Waals surface area contributed by atoms with Gasteiger partial charge in [-0.2, -0.15) is 0 Å². The van der Waals surface area contributed by atoms with Gasteiger partial charge in [0.1, 0.15) is 5.76 Å². The van der Waals surface area contributed by atoms with Crippen LogP contribution in [0.2, 0.25) is 0 Å². The van der Waals surface area contributed by atoms with Crippen LogP contribution in [-0.2, 0) is 0 Å². The molecule has 0 aromatic carbocycles. The minimum atomic E-state index is 0.323. The Kier molecular flexibility index (Phi) is 4.18. The van der Waals surface area contributed by atoms with E-state index in [1.807, 2.05) is 13.8 Å². The van der Waals surface area contributed by atoms with E-state index in [-0.39, 0.29) is 0 Å². The number of likely N-dealkylation sites (tertiary alicyclic amines) is 1. The number of aryl methyl sites for hydroxylation is 2. The summed E-state index contributed by atoms with van der Waals surface area (Å²) in [6, 6.07) is 0.323. The molecule has 1 atom stereocenters. The summed E-state index contributed by atoms with van der Waals surface area (Å²) in [4.78, 5) is 2.52. The zero-order valence-corrected chi connectivity index (χ0v) is 11.1. The largest absolute Gasteiger partial charge is 0.361 e. The van der Waals surface area contributed by atoms with E-state index in [4.69, 9.17) is 4.52 Å². The Morgan fingerprint density at radius 3 is 2.65 bits per heavy atom. The molecule has 1 fully saturated rings. The third-order valence-electron chi connectivity index (χ3n) is 3.60. The monoisotopic (exact) mass is 237 g/mol. The first-order chi connectivity index (χ1) is 8.18. The van der Waals surface area contributed by atoms with Crippen LogP contribution in [0.1, 0.15) is 42.8 Å². The minimum Gasteiger partial charge on any atom is -0.361 e. The minimum absolute atomic E-state index is 0.323. The van der Waals surface area contributed by atoms with Crippen LogP contribution < -0.4 is 5.32 Å². The van der Waals surface area contributed by atoms with Gasteiger partial charge < -0.3 is 14.7 Å². The molecule has 2 rings (SSSR count). The third kappa shape index (κ3) is 3.07. The Labute approximate surface area is 103 Å². The van der Waals surface area contributed by atoms with Crippen molar-refractivity contribution in [2.75, 3.05) is 26.2 Å². The summed E-state index contributed by atoms with van der Waals surface area (Å²) in [7, 11) is 0. The quantitative estimate of drug-likeness (QED) is 0.851. The lowest BCUT2D eigenvalue weighted by Crippen LogP contribution is -2.31. The van der Waals surface area contributed by atoms with Gasteiger partial charge in [0.2, 0.25) is 0 Å². The molecule has 1 aromatic rings. The molecule has 1 aliphatic rings. The molecule has 2 heterocycles. The van der Waals surface area contributed by atoms with Crippen molar-refractivity contribution in [2.24, 2.45) is 0 Å². The van der Waals surface area contributed by atoms with Gasteiger partial charge in [0.15, 0.2) is 0 Å². The van der Waals surface area contributed by atoms with Gasteiger partial charge in [-0.1, -0.05) is 5.16 Å². The molecule has 0 saturated carbocycles. The van der Waals surface area contributed by atoms with E-state index >= 15 is 0 Å². The number of rotatable bonds is 5. The lowest BCUT2D eigenvalue weighted by molar-refractivity contribution is 0.329. The average molecular weight is 237 g/mol. The Morgan fingerprint density at radius 2 is 2.06 bits per heavy atom. The molecule has 0 radical (unpaired) electrons. The first-order valence-electron chi connectivity index (χ1n) is 6.57. The summed E-state index contributed by atoms with van der Waals surface area (Å²) in [6.07, 6.45) is 2.72. The van der Waals surface area contributed by atoms with E-state index in [1.54, 1.807) is 0 Å². The number of nitrogens with one attached hydrogen (secondary N) is 1. The zero-order valence-electron chi connectivity index (χ0n) is 11.1. The van der Waals surface area contributed by atoms with Crippen LogP contribution in [0.3, 0.4) is 0 Å². The summed E-state index contributed by atoms with van der Waals surface area (Å²) in [6.45, 7) is 10.9. The fraction of sp³-hybridized carbons (Fsp3) is 0.769. The predicted octanol–water partition coefficient (Wildman–Crippen LogP) is 2.04. The second kappa shape index (κ2) is 5.65. The maximum atomic E-state index is 5.20. The third-order valence-corrected chi connectivity index (χ3v) is 3.60. The first-order valence-corrected chi connectivity index (χ1v) is 6.57. The summed E-state index contributed by atoms with van der Waals surface area (Å²) in [5.41, 5.74) is 2.22. The molecular formula is C13H23N3O. The van der Waals surface area contributed by atoms with Crippen LogP contribution in [0.5, 0.6) is 0 Å². The SMILES string of the molecule is Cc1noc(C)c1C(C)NCCN1CCCC1. The van der Waals surface area contributed by atoms with E-state index < -0.39 is 0 Å². The van der Waals surface area contributed by atoms with Crippen LogP contribution in [0.25, 0.3) is 0 Å². The van der Waals surface area contributed by atoms with Gasteiger partial charge in [0.05, 0.1) is 5.69 Å². The van der Waals surface area contributed by atoms with Crippen molar-refractivity contribution >= 4 is 0 Å². The Bertz CT molecular complexity index is 336. The van der Waals surface area contributed by atoms with Gasteiger partial charge in [-0.3, -0.25) is 0 Å². The molecule has 1 saturated heterocycles. The van der Waals surface area contributed by atoms with Gasteiger partial charge in [-0.05, 0) is 46.7 Å². The molecule has 0 aliphatic carbocycles. The second-order valence-electron chi connectivity index (χ2n) is 4.96. The van der Waals surface area contributed by atoms with Crippen molar-refractivity contribution in [3.63, 3.8) is 0 Å². The van der Waals surface area contributed by atoms with Crippen LogP contribution in [0, 0.1) is 13.8 Å². The Hall–Kier alpha value is -0.870. The maximum absolute atomic E-state index is 5.20. The predicted molar refractivity (Wildman–Crippen MR) is 68.1 cm³/mol. The molecule has 1 aliphatic heterocycles. The van der Waals surface area contributed by atoms with E-state index in [0.717, 1.165) is 24.5 Å². The highest BCUT2D eigenvalue weighted by Crippen LogP contribution is 2.20. The topological polar surface area (TPSA) is 41.3 Å². The molecule has 96 valence electrons. The molecule has 0 amide bonds. The van der Waals surface area contributed by atoms with E-state index in [1.165, 1.54) is 31.5 Å². The smallest absolute Gasteiger partial charge is 0.138 e. The molecule has 1 unspecified atom stereocenters. The van der Waals surface area contributed by atoms with Gasteiger partial charge >= 0.3 is 0 Å². The maximum Gasteiger partial charge on any atom is 0.138 e. The van der Waals surface area contributed by atoms with Crippen LogP contribution in [-0.4, -0.2) is 36.2 Å². The molecular weight excluding hydrogens is 214 g/mol. The van der Waals surface area contributed by atoms with Crippen molar-refractivity contribution in [1.82, 2.24) is 15.4 Å². The van der Waals surface area contributed by atoms with Crippen LogP contribution >= 0.6 is 0 Å². The molecule has 0 spiro atoms. The van der Waals surface area contributed by atoms with Gasteiger partial charge in [-0.15, -0.1) is 0 Å². The van der Waals surface area contributed by atoms with Crippen LogP contribution in [0.15, 0.2) is 4.52 Å². The number of hydrogen-bond acceptors (Lipinski definition) is 4. The summed E-state index contributed by atoms with van der Waals surface area (Å²) in [5.74, 6) is 0.934. The molecule has 4 heteroatoms. The summed E-state index contributed by atoms with van der Waals surface area (Å²) in [5, 5.41) is 7.55. The van der Waals surface area contributed by atoms with Gasteiger partial charge in [-0.25, -0.2) is 0 Å². The highest BCUT2D eigenvalue weighted by atomic mass is 16.5. The average Bonchev–Trinajstić information content (AvgIpc) is 2.89. The number of hydrogen-bond donors (Lipinski definition) is 1. The fourth-order valence-electron chi connectivity index (χ4n) is 2.66. The van der Waals surface area contributed by atoms with E-state index in [0.29, 0.717) is 6.04 Å². The highest BCUT2D eigenvalue weighted by Gasteiger charge is 2.16. The van der Waals surface area contributed by atoms with Gasteiger partial charge in [0.25, 0.3) is 0 Å². The van der Waals surface area contributed by atoms with Crippen molar-refractivity contribution in [2.45, 2.75) is 39.7 Å². The van der Waals surface area contributed by atoms with Crippen molar-refractivity contribution in [1.29, 1.82) is 0 Å². The van der Waals surface area contributed by atoms with E-state index in [2.05, 4.69) is 22.3 Å². The molecule has 4 nitrogen and oxygen atoms in total. The Morgan fingerprint density at radius 1 is 1.35 bits per heavy atom. The highest BCUT2D eigenvalue weighted by molar-refractivity contribution is 5.24. The molecule has 0 bridgehead atoms. The van der Waals surface area contributed by atoms with Crippen molar-refractivity contribution in [3.8, 4) is 0 Å². The molecule has 17 heavy (non-hydrogen) atoms. The number of nitrogens with zero attached hydrogens (tertiary/aromatic N) is 2. The summed E-state index contributed by atoms with van der Waals surface area (Å²) < 4.78 is 5.20. The normalized spacial score (nSPS) is 18.8. The Balaban J connectivity index is 1.78. The molecule has 1 aromatic heterocycles. The standard InChI is InChI=1S/C13H23N3O/c1-10(13-11(2)15-17-12(13)3)14-6-9-16-7-4-5-8-16/h10,14H,4-9H2,1-3H3. The van der Waals surface area contributed by atoms with Crippen LogP contribution in [0.4, 0.5) is 0 Å². The molecule has 1 N–H and O–H groups in total. The summed E-state index contributed by atoms with van der Waals surface area (Å²) >= 11 is 0. The van der Waals surface area contributed by atoms with Crippen molar-refractivity contribution < 1.29 is 4.52 Å². The van der Waals surface area contributed by atoms with Crippen molar-refractivity contribution in [3.05, 3.63) is 17.0 Å². The fourth-order valence-corrected chi connectivity index (χ4v) is 2.66. The second-order valence-corrected chi connectivity index (χ2v) is 4.96. The number of aromatic nitrogens is 1. The van der Waals surface area contributed by atoms with Gasteiger partial charge in [0, 0.05) is 24.7 Å².